The first-order valence-corrected chi connectivity index (χ1v) is 9.66. The van der Waals surface area contributed by atoms with E-state index in [0.29, 0.717) is 12.6 Å². The normalized spacial score (nSPS) is 19.1. The van der Waals surface area contributed by atoms with Crippen LogP contribution in [0.1, 0.15) is 31.1 Å². The zero-order chi connectivity index (χ0) is 17.8. The second-order valence-corrected chi connectivity index (χ2v) is 7.38. The Bertz CT molecular complexity index is 702. The van der Waals surface area contributed by atoms with Crippen LogP contribution in [0.15, 0.2) is 35.7 Å². The van der Waals surface area contributed by atoms with Crippen LogP contribution in [0.3, 0.4) is 0 Å². The Balaban J connectivity index is 1.76. The number of carbonyl (C=O) groups is 1. The van der Waals surface area contributed by atoms with Gasteiger partial charge in [-0.05, 0) is 19.5 Å². The predicted molar refractivity (Wildman–Crippen MR) is 103 cm³/mol. The largest absolute Gasteiger partial charge is 0.303 e. The summed E-state index contributed by atoms with van der Waals surface area (Å²) < 4.78 is 0. The number of nitrogens with zero attached hydrogens (tertiary/aromatic N) is 4. The van der Waals surface area contributed by atoms with Crippen molar-refractivity contribution in [3.05, 3.63) is 47.0 Å². The molecule has 0 aliphatic carbocycles. The molecule has 1 saturated heterocycles. The summed E-state index contributed by atoms with van der Waals surface area (Å²) >= 11 is 1.55. The van der Waals surface area contributed by atoms with Crippen LogP contribution in [-0.2, 0) is 11.3 Å². The molecule has 0 bridgehead atoms. The van der Waals surface area contributed by atoms with Gasteiger partial charge < -0.3 is 4.90 Å². The molecule has 2 heterocycles. The molecule has 0 N–H and O–H groups in total. The summed E-state index contributed by atoms with van der Waals surface area (Å²) in [6.07, 6.45) is 0. The highest BCUT2D eigenvalue weighted by molar-refractivity contribution is 7.14. The topological polar surface area (TPSA) is 39.7 Å². The van der Waals surface area contributed by atoms with Gasteiger partial charge >= 0.3 is 0 Å². The lowest BCUT2D eigenvalue weighted by Gasteiger charge is -2.40. The van der Waals surface area contributed by atoms with Crippen molar-refractivity contribution in [2.75, 3.05) is 38.1 Å². The van der Waals surface area contributed by atoms with Gasteiger partial charge in [0.25, 0.3) is 0 Å². The lowest BCUT2D eigenvalue weighted by Crippen LogP contribution is -2.46. The molecule has 1 aliphatic rings. The summed E-state index contributed by atoms with van der Waals surface area (Å²) in [4.78, 5) is 23.0. The second-order valence-electron chi connectivity index (χ2n) is 6.54. The lowest BCUT2D eigenvalue weighted by atomic mass is 10.0. The highest BCUT2D eigenvalue weighted by atomic mass is 32.1. The van der Waals surface area contributed by atoms with Gasteiger partial charge in [-0.1, -0.05) is 30.3 Å². The monoisotopic (exact) mass is 358 g/mol. The molecule has 0 saturated carbocycles. The standard InChI is InChI=1S/C19H26N4OS/c1-4-23(15(2)24)19-20-17(14-25-19)12-22-11-10-21(3)13-18(22)16-8-6-5-7-9-16/h5-9,14,18H,4,10-13H2,1-3H3. The molecule has 1 aromatic carbocycles. The number of amides is 1. The van der Waals surface area contributed by atoms with Crippen molar-refractivity contribution in [3.8, 4) is 0 Å². The van der Waals surface area contributed by atoms with Gasteiger partial charge in [0.05, 0.1) is 5.69 Å². The Morgan fingerprint density at radius 1 is 1.32 bits per heavy atom. The molecule has 5 nitrogen and oxygen atoms in total. The number of rotatable bonds is 5. The fourth-order valence-corrected chi connectivity index (χ4v) is 4.25. The average molecular weight is 359 g/mol. The van der Waals surface area contributed by atoms with Crippen molar-refractivity contribution >= 4 is 22.4 Å². The number of likely N-dealkylation sites (N-methyl/N-ethyl adjacent to an activating group) is 1. The minimum Gasteiger partial charge on any atom is -0.303 e. The van der Waals surface area contributed by atoms with Gasteiger partial charge in [-0.2, -0.15) is 0 Å². The zero-order valence-corrected chi connectivity index (χ0v) is 16.0. The third-order valence-electron chi connectivity index (χ3n) is 4.71. The maximum absolute atomic E-state index is 11.7. The van der Waals surface area contributed by atoms with E-state index in [1.165, 1.54) is 5.56 Å². The second kappa shape index (κ2) is 8.08. The lowest BCUT2D eigenvalue weighted by molar-refractivity contribution is -0.116. The SMILES string of the molecule is CCN(C(C)=O)c1nc(CN2CCN(C)CC2c2ccccc2)cs1. The smallest absolute Gasteiger partial charge is 0.225 e. The fourth-order valence-electron chi connectivity index (χ4n) is 3.33. The first-order valence-electron chi connectivity index (χ1n) is 8.78. The van der Waals surface area contributed by atoms with Gasteiger partial charge in [-0.25, -0.2) is 4.98 Å². The Hall–Kier alpha value is -1.76. The van der Waals surface area contributed by atoms with Crippen LogP contribution in [0.2, 0.25) is 0 Å². The van der Waals surface area contributed by atoms with Gasteiger partial charge in [0.15, 0.2) is 5.13 Å². The Morgan fingerprint density at radius 3 is 2.76 bits per heavy atom. The van der Waals surface area contributed by atoms with Crippen LogP contribution < -0.4 is 4.90 Å². The molecule has 1 aliphatic heterocycles. The van der Waals surface area contributed by atoms with Crippen LogP contribution in [0.4, 0.5) is 5.13 Å². The van der Waals surface area contributed by atoms with Crippen molar-refractivity contribution in [2.24, 2.45) is 0 Å². The van der Waals surface area contributed by atoms with Gasteiger partial charge in [0.1, 0.15) is 0 Å². The minimum absolute atomic E-state index is 0.0464. The average Bonchev–Trinajstić information content (AvgIpc) is 3.05. The van der Waals surface area contributed by atoms with Crippen LogP contribution in [0.5, 0.6) is 0 Å². The Morgan fingerprint density at radius 2 is 2.08 bits per heavy atom. The summed E-state index contributed by atoms with van der Waals surface area (Å²) in [6, 6.07) is 11.1. The molecular formula is C19H26N4OS. The highest BCUT2D eigenvalue weighted by Crippen LogP contribution is 2.28. The van der Waals surface area contributed by atoms with Crippen LogP contribution in [-0.4, -0.2) is 53.9 Å². The van der Waals surface area contributed by atoms with Crippen LogP contribution in [0, 0.1) is 0 Å². The van der Waals surface area contributed by atoms with E-state index in [0.717, 1.165) is 37.0 Å². The summed E-state index contributed by atoms with van der Waals surface area (Å²) in [7, 11) is 2.18. The summed E-state index contributed by atoms with van der Waals surface area (Å²) in [6.45, 7) is 8.16. The molecule has 1 fully saturated rings. The number of benzene rings is 1. The zero-order valence-electron chi connectivity index (χ0n) is 15.2. The molecular weight excluding hydrogens is 332 g/mol. The molecule has 1 amide bonds. The molecule has 0 spiro atoms. The third kappa shape index (κ3) is 4.26. The summed E-state index contributed by atoms with van der Waals surface area (Å²) in [5.41, 5.74) is 2.40. The summed E-state index contributed by atoms with van der Waals surface area (Å²) in [5.74, 6) is 0.0464. The van der Waals surface area contributed by atoms with Crippen molar-refractivity contribution in [1.29, 1.82) is 0 Å². The van der Waals surface area contributed by atoms with E-state index in [2.05, 4.69) is 52.6 Å². The van der Waals surface area contributed by atoms with Crippen molar-refractivity contribution in [3.63, 3.8) is 0 Å². The number of hydrogen-bond acceptors (Lipinski definition) is 5. The first-order chi connectivity index (χ1) is 12.1. The molecule has 1 aromatic heterocycles. The van der Waals surface area contributed by atoms with Gasteiger partial charge in [-0.15, -0.1) is 11.3 Å². The van der Waals surface area contributed by atoms with Crippen molar-refractivity contribution in [2.45, 2.75) is 26.4 Å². The number of anilines is 1. The number of hydrogen-bond donors (Lipinski definition) is 0. The van der Waals surface area contributed by atoms with Gasteiger partial charge in [0.2, 0.25) is 5.91 Å². The van der Waals surface area contributed by atoms with Crippen LogP contribution >= 0.6 is 11.3 Å². The van der Waals surface area contributed by atoms with Gasteiger partial charge in [0, 0.05) is 51.1 Å². The van der Waals surface area contributed by atoms with Crippen molar-refractivity contribution in [1.82, 2.24) is 14.8 Å². The van der Waals surface area contributed by atoms with E-state index < -0.39 is 0 Å². The Kier molecular flexibility index (Phi) is 5.83. The molecule has 1 atom stereocenters. The number of piperazine rings is 1. The minimum atomic E-state index is 0.0464. The molecule has 6 heteroatoms. The van der Waals surface area contributed by atoms with Crippen molar-refractivity contribution < 1.29 is 4.79 Å². The Labute approximate surface area is 153 Å². The van der Waals surface area contributed by atoms with E-state index in [1.807, 2.05) is 6.92 Å². The molecule has 0 radical (unpaired) electrons. The number of thiazole rings is 1. The fraction of sp³-hybridized carbons (Fsp3) is 0.474. The molecule has 134 valence electrons. The van der Waals surface area contributed by atoms with E-state index >= 15 is 0 Å². The molecule has 1 unspecified atom stereocenters. The van der Waals surface area contributed by atoms with E-state index in [4.69, 9.17) is 4.98 Å². The first kappa shape index (κ1) is 18.0. The quantitative estimate of drug-likeness (QED) is 0.824. The number of aromatic nitrogens is 1. The van der Waals surface area contributed by atoms with E-state index in [9.17, 15) is 4.79 Å². The maximum atomic E-state index is 11.7. The predicted octanol–water partition coefficient (Wildman–Crippen LogP) is 3.00. The van der Waals surface area contributed by atoms with Crippen LogP contribution in [0.25, 0.3) is 0 Å². The third-order valence-corrected chi connectivity index (χ3v) is 5.62. The summed E-state index contributed by atoms with van der Waals surface area (Å²) in [5, 5.41) is 2.89. The molecule has 25 heavy (non-hydrogen) atoms. The maximum Gasteiger partial charge on any atom is 0.225 e. The highest BCUT2D eigenvalue weighted by Gasteiger charge is 2.27. The number of carbonyl (C=O) groups excluding carboxylic acids is 1. The van der Waals surface area contributed by atoms with Gasteiger partial charge in [-0.3, -0.25) is 14.6 Å². The van der Waals surface area contributed by atoms with E-state index in [-0.39, 0.29) is 5.91 Å². The molecule has 3 rings (SSSR count). The van der Waals surface area contributed by atoms with E-state index in [1.54, 1.807) is 23.2 Å². The molecule has 2 aromatic rings.